The van der Waals surface area contributed by atoms with Crippen LogP contribution in [-0.4, -0.2) is 54.8 Å². The standard InChI is InChI=1S/C23H26N2O4/c1-15-16(2)29-22-18(15)4-3-5-19(22)23(26)25-10-8-24(9-11-25)13-17-6-7-20-21(12-17)28-14-27-20/h3-7,12,15-16H,8-11,13-14H2,1-2H3/t15-,16+/m0/s1. The molecule has 0 aromatic heterocycles. The number of carbonyl (C=O) groups is 1. The molecule has 2 aromatic rings. The first kappa shape index (κ1) is 18.3. The maximum atomic E-state index is 13.2. The Morgan fingerprint density at radius 3 is 2.66 bits per heavy atom. The Hall–Kier alpha value is -2.73. The van der Waals surface area contributed by atoms with Crippen LogP contribution in [0.1, 0.15) is 41.3 Å². The zero-order valence-corrected chi connectivity index (χ0v) is 16.9. The molecule has 29 heavy (non-hydrogen) atoms. The van der Waals surface area contributed by atoms with Crippen molar-refractivity contribution in [3.63, 3.8) is 0 Å². The van der Waals surface area contributed by atoms with Crippen LogP contribution in [0.25, 0.3) is 0 Å². The average molecular weight is 394 g/mol. The van der Waals surface area contributed by atoms with E-state index in [4.69, 9.17) is 14.2 Å². The van der Waals surface area contributed by atoms with Gasteiger partial charge in [0.1, 0.15) is 11.9 Å². The highest BCUT2D eigenvalue weighted by molar-refractivity contribution is 5.97. The van der Waals surface area contributed by atoms with Crippen LogP contribution in [0.4, 0.5) is 0 Å². The van der Waals surface area contributed by atoms with Crippen molar-refractivity contribution in [1.82, 2.24) is 9.80 Å². The minimum Gasteiger partial charge on any atom is -0.489 e. The van der Waals surface area contributed by atoms with Crippen LogP contribution in [0.3, 0.4) is 0 Å². The van der Waals surface area contributed by atoms with E-state index in [-0.39, 0.29) is 12.0 Å². The summed E-state index contributed by atoms with van der Waals surface area (Å²) in [6, 6.07) is 12.0. The van der Waals surface area contributed by atoms with Crippen LogP contribution in [-0.2, 0) is 6.54 Å². The van der Waals surface area contributed by atoms with E-state index in [1.165, 1.54) is 5.56 Å². The predicted molar refractivity (Wildman–Crippen MR) is 109 cm³/mol. The molecule has 6 heteroatoms. The van der Waals surface area contributed by atoms with Crippen molar-refractivity contribution in [2.24, 2.45) is 0 Å². The van der Waals surface area contributed by atoms with Crippen molar-refractivity contribution in [3.05, 3.63) is 53.1 Å². The molecule has 2 atom stereocenters. The zero-order valence-electron chi connectivity index (χ0n) is 16.9. The number of benzene rings is 2. The van der Waals surface area contributed by atoms with Crippen molar-refractivity contribution >= 4 is 5.91 Å². The second kappa shape index (κ2) is 7.26. The highest BCUT2D eigenvalue weighted by Gasteiger charge is 2.33. The molecule has 0 bridgehead atoms. The van der Waals surface area contributed by atoms with Crippen molar-refractivity contribution in [3.8, 4) is 17.2 Å². The van der Waals surface area contributed by atoms with Gasteiger partial charge in [-0.1, -0.05) is 25.1 Å². The maximum absolute atomic E-state index is 13.2. The van der Waals surface area contributed by atoms with E-state index in [0.29, 0.717) is 18.3 Å². The van der Waals surface area contributed by atoms with Gasteiger partial charge in [-0.15, -0.1) is 0 Å². The lowest BCUT2D eigenvalue weighted by Gasteiger charge is -2.35. The van der Waals surface area contributed by atoms with E-state index in [1.807, 2.05) is 29.2 Å². The molecule has 0 N–H and O–H groups in total. The molecule has 5 rings (SSSR count). The molecule has 0 aliphatic carbocycles. The number of piperazine rings is 1. The van der Waals surface area contributed by atoms with E-state index in [0.717, 1.165) is 55.5 Å². The summed E-state index contributed by atoms with van der Waals surface area (Å²) >= 11 is 0. The van der Waals surface area contributed by atoms with Crippen LogP contribution < -0.4 is 14.2 Å². The van der Waals surface area contributed by atoms with Gasteiger partial charge < -0.3 is 19.1 Å². The van der Waals surface area contributed by atoms with Crippen molar-refractivity contribution in [1.29, 1.82) is 0 Å². The summed E-state index contributed by atoms with van der Waals surface area (Å²) in [5.74, 6) is 2.80. The number of rotatable bonds is 3. The molecule has 1 amide bonds. The molecule has 1 saturated heterocycles. The first-order valence-corrected chi connectivity index (χ1v) is 10.3. The Morgan fingerprint density at radius 1 is 1.03 bits per heavy atom. The number of hydrogen-bond acceptors (Lipinski definition) is 5. The maximum Gasteiger partial charge on any atom is 0.257 e. The minimum atomic E-state index is 0.0749. The Kier molecular flexibility index (Phi) is 4.59. The summed E-state index contributed by atoms with van der Waals surface area (Å²) in [4.78, 5) is 17.5. The molecule has 6 nitrogen and oxygen atoms in total. The summed E-state index contributed by atoms with van der Waals surface area (Å²) in [6.07, 6.45) is 0.109. The fourth-order valence-corrected chi connectivity index (χ4v) is 4.33. The van der Waals surface area contributed by atoms with E-state index in [2.05, 4.69) is 30.9 Å². The molecule has 0 saturated carbocycles. The summed E-state index contributed by atoms with van der Waals surface area (Å²) in [5, 5.41) is 0. The van der Waals surface area contributed by atoms with E-state index >= 15 is 0 Å². The number of para-hydroxylation sites is 1. The van der Waals surface area contributed by atoms with Crippen LogP contribution in [0, 0.1) is 0 Å². The third kappa shape index (κ3) is 3.31. The summed E-state index contributed by atoms with van der Waals surface area (Å²) < 4.78 is 16.9. The average Bonchev–Trinajstić information content (AvgIpc) is 3.32. The first-order valence-electron chi connectivity index (χ1n) is 10.3. The number of hydrogen-bond donors (Lipinski definition) is 0. The van der Waals surface area contributed by atoms with Gasteiger partial charge in [-0.05, 0) is 30.7 Å². The monoisotopic (exact) mass is 394 g/mol. The number of ether oxygens (including phenoxy) is 3. The van der Waals surface area contributed by atoms with Gasteiger partial charge in [0, 0.05) is 44.2 Å². The quantitative estimate of drug-likeness (QED) is 0.800. The number of amides is 1. The predicted octanol–water partition coefficient (Wildman–Crippen LogP) is 3.26. The molecule has 0 spiro atoms. The molecule has 3 heterocycles. The molecule has 1 fully saturated rings. The Bertz CT molecular complexity index is 936. The van der Waals surface area contributed by atoms with Crippen LogP contribution >= 0.6 is 0 Å². The van der Waals surface area contributed by atoms with Gasteiger partial charge in [-0.3, -0.25) is 9.69 Å². The lowest BCUT2D eigenvalue weighted by atomic mass is 9.96. The topological polar surface area (TPSA) is 51.2 Å². The number of nitrogens with zero attached hydrogens (tertiary/aromatic N) is 2. The molecule has 152 valence electrons. The second-order valence-corrected chi connectivity index (χ2v) is 8.09. The van der Waals surface area contributed by atoms with E-state index in [1.54, 1.807) is 0 Å². The second-order valence-electron chi connectivity index (χ2n) is 8.09. The molecular weight excluding hydrogens is 368 g/mol. The summed E-state index contributed by atoms with van der Waals surface area (Å²) in [7, 11) is 0. The van der Waals surface area contributed by atoms with Crippen LogP contribution in [0.15, 0.2) is 36.4 Å². The highest BCUT2D eigenvalue weighted by Crippen LogP contribution is 2.40. The SMILES string of the molecule is C[C@@H]1c2cccc(C(=O)N3CCN(Cc4ccc5c(c4)OCO5)CC3)c2O[C@@H]1C. The largest absolute Gasteiger partial charge is 0.489 e. The molecule has 0 unspecified atom stereocenters. The first-order chi connectivity index (χ1) is 14.1. The summed E-state index contributed by atoms with van der Waals surface area (Å²) in [5.41, 5.74) is 3.04. The fourth-order valence-electron chi connectivity index (χ4n) is 4.33. The zero-order chi connectivity index (χ0) is 20.0. The lowest BCUT2D eigenvalue weighted by molar-refractivity contribution is 0.0623. The summed E-state index contributed by atoms with van der Waals surface area (Å²) in [6.45, 7) is 8.50. The van der Waals surface area contributed by atoms with Crippen molar-refractivity contribution in [2.75, 3.05) is 33.0 Å². The third-order valence-electron chi connectivity index (χ3n) is 6.28. The minimum absolute atomic E-state index is 0.0749. The van der Waals surface area contributed by atoms with Crippen molar-refractivity contribution < 1.29 is 19.0 Å². The van der Waals surface area contributed by atoms with Gasteiger partial charge in [-0.25, -0.2) is 0 Å². The third-order valence-corrected chi connectivity index (χ3v) is 6.28. The van der Waals surface area contributed by atoms with E-state index < -0.39 is 0 Å². The molecule has 0 radical (unpaired) electrons. The highest BCUT2D eigenvalue weighted by atomic mass is 16.7. The van der Waals surface area contributed by atoms with Gasteiger partial charge in [0.2, 0.25) is 6.79 Å². The Labute approximate surface area is 171 Å². The fraction of sp³-hybridized carbons (Fsp3) is 0.435. The van der Waals surface area contributed by atoms with Gasteiger partial charge in [0.05, 0.1) is 5.56 Å². The molecule has 3 aliphatic heterocycles. The molecular formula is C23H26N2O4. The number of carbonyl (C=O) groups excluding carboxylic acids is 1. The number of fused-ring (bicyclic) bond motifs is 2. The Morgan fingerprint density at radius 2 is 1.83 bits per heavy atom. The van der Waals surface area contributed by atoms with E-state index in [9.17, 15) is 4.79 Å². The van der Waals surface area contributed by atoms with Crippen molar-refractivity contribution in [2.45, 2.75) is 32.4 Å². The molecule has 2 aromatic carbocycles. The van der Waals surface area contributed by atoms with Gasteiger partial charge in [-0.2, -0.15) is 0 Å². The van der Waals surface area contributed by atoms with Crippen LogP contribution in [0.5, 0.6) is 17.2 Å². The van der Waals surface area contributed by atoms with Crippen LogP contribution in [0.2, 0.25) is 0 Å². The van der Waals surface area contributed by atoms with Gasteiger partial charge in [0.15, 0.2) is 11.5 Å². The smallest absolute Gasteiger partial charge is 0.257 e. The lowest BCUT2D eigenvalue weighted by Crippen LogP contribution is -2.48. The molecule has 3 aliphatic rings. The van der Waals surface area contributed by atoms with Gasteiger partial charge >= 0.3 is 0 Å². The Balaban J connectivity index is 1.23. The normalized spacial score (nSPS) is 23.0. The van der Waals surface area contributed by atoms with Gasteiger partial charge in [0.25, 0.3) is 5.91 Å².